The van der Waals surface area contributed by atoms with E-state index in [1.165, 1.54) is 18.4 Å². The van der Waals surface area contributed by atoms with Crippen molar-refractivity contribution in [3.8, 4) is 0 Å². The Hall–Kier alpha value is -1.11. The zero-order valence-electron chi connectivity index (χ0n) is 8.15. The number of aldehydes is 1. The Balaban J connectivity index is 1.98. The van der Waals surface area contributed by atoms with E-state index in [1.54, 1.807) is 0 Å². The molecule has 1 heteroatoms. The van der Waals surface area contributed by atoms with Gasteiger partial charge in [0.2, 0.25) is 0 Å². The minimum Gasteiger partial charge on any atom is -0.303 e. The molecule has 2 atom stereocenters. The summed E-state index contributed by atoms with van der Waals surface area (Å²) < 4.78 is 0. The Morgan fingerprint density at radius 3 is 2.43 bits per heavy atom. The summed E-state index contributed by atoms with van der Waals surface area (Å²) >= 11 is 0. The number of benzene rings is 1. The molecule has 0 heterocycles. The monoisotopic (exact) mass is 186 g/mol. The third-order valence-corrected chi connectivity index (χ3v) is 3.84. The lowest BCUT2D eigenvalue weighted by Gasteiger charge is -2.15. The topological polar surface area (TPSA) is 17.1 Å². The van der Waals surface area contributed by atoms with Crippen LogP contribution in [0.2, 0.25) is 0 Å². The second-order valence-electron chi connectivity index (χ2n) is 4.63. The number of rotatable bonds is 3. The number of hydrogen-bond acceptors (Lipinski definition) is 1. The fourth-order valence-electron chi connectivity index (χ4n) is 2.86. The van der Waals surface area contributed by atoms with Crippen molar-refractivity contribution in [2.75, 3.05) is 0 Å². The second-order valence-corrected chi connectivity index (χ2v) is 4.63. The molecular formula is C13H14O. The SMILES string of the molecule is O=CC1CC1(c1ccccc1)C1CC1. The highest BCUT2D eigenvalue weighted by Crippen LogP contribution is 2.65. The number of carbonyl (C=O) groups excluding carboxylic acids is 1. The van der Waals surface area contributed by atoms with Crippen molar-refractivity contribution in [3.05, 3.63) is 35.9 Å². The van der Waals surface area contributed by atoms with Crippen LogP contribution in [0.5, 0.6) is 0 Å². The fourth-order valence-corrected chi connectivity index (χ4v) is 2.86. The largest absolute Gasteiger partial charge is 0.303 e. The maximum absolute atomic E-state index is 10.9. The molecule has 2 aliphatic rings. The molecule has 0 N–H and O–H groups in total. The number of carbonyl (C=O) groups is 1. The van der Waals surface area contributed by atoms with Crippen LogP contribution in [-0.2, 0) is 10.2 Å². The molecule has 2 aliphatic carbocycles. The summed E-state index contributed by atoms with van der Waals surface area (Å²) in [6, 6.07) is 10.6. The molecule has 0 amide bonds. The maximum atomic E-state index is 10.9. The van der Waals surface area contributed by atoms with Crippen molar-refractivity contribution < 1.29 is 4.79 Å². The second kappa shape index (κ2) is 2.69. The summed E-state index contributed by atoms with van der Waals surface area (Å²) in [5, 5.41) is 0. The smallest absolute Gasteiger partial charge is 0.124 e. The average Bonchev–Trinajstić information content (AvgIpc) is 3.12. The molecule has 72 valence electrons. The summed E-state index contributed by atoms with van der Waals surface area (Å²) in [7, 11) is 0. The first-order valence-electron chi connectivity index (χ1n) is 5.39. The molecule has 0 aliphatic heterocycles. The van der Waals surface area contributed by atoms with Gasteiger partial charge < -0.3 is 4.79 Å². The molecule has 0 aromatic heterocycles. The van der Waals surface area contributed by atoms with Gasteiger partial charge in [0.25, 0.3) is 0 Å². The fraction of sp³-hybridized carbons (Fsp3) is 0.462. The van der Waals surface area contributed by atoms with Gasteiger partial charge in [-0.1, -0.05) is 30.3 Å². The minimum absolute atomic E-state index is 0.253. The third-order valence-electron chi connectivity index (χ3n) is 3.84. The van der Waals surface area contributed by atoms with Crippen LogP contribution in [0.1, 0.15) is 24.8 Å². The Labute approximate surface area is 84.1 Å². The van der Waals surface area contributed by atoms with E-state index in [-0.39, 0.29) is 5.41 Å². The molecule has 0 spiro atoms. The first-order chi connectivity index (χ1) is 6.88. The van der Waals surface area contributed by atoms with Crippen LogP contribution >= 0.6 is 0 Å². The van der Waals surface area contributed by atoms with E-state index in [0.717, 1.165) is 18.6 Å². The Morgan fingerprint density at radius 1 is 1.21 bits per heavy atom. The van der Waals surface area contributed by atoms with Crippen molar-refractivity contribution in [2.45, 2.75) is 24.7 Å². The van der Waals surface area contributed by atoms with Crippen LogP contribution in [0, 0.1) is 11.8 Å². The van der Waals surface area contributed by atoms with E-state index in [4.69, 9.17) is 0 Å². The minimum atomic E-state index is 0.253. The molecule has 1 nitrogen and oxygen atoms in total. The Morgan fingerprint density at radius 2 is 1.93 bits per heavy atom. The Kier molecular flexibility index (Phi) is 1.58. The van der Waals surface area contributed by atoms with Crippen molar-refractivity contribution in [3.63, 3.8) is 0 Å². The molecular weight excluding hydrogens is 172 g/mol. The van der Waals surface area contributed by atoms with Crippen LogP contribution in [0.25, 0.3) is 0 Å². The van der Waals surface area contributed by atoms with Crippen LogP contribution in [0.3, 0.4) is 0 Å². The van der Waals surface area contributed by atoms with Gasteiger partial charge in [-0.05, 0) is 30.7 Å². The first kappa shape index (κ1) is 8.22. The quantitative estimate of drug-likeness (QED) is 0.663. The highest BCUT2D eigenvalue weighted by molar-refractivity contribution is 5.65. The van der Waals surface area contributed by atoms with E-state index in [9.17, 15) is 4.79 Å². The highest BCUT2D eigenvalue weighted by Gasteiger charge is 2.62. The predicted molar refractivity (Wildman–Crippen MR) is 55.0 cm³/mol. The molecule has 1 aromatic carbocycles. The molecule has 2 unspecified atom stereocenters. The molecule has 2 fully saturated rings. The van der Waals surface area contributed by atoms with E-state index in [0.29, 0.717) is 5.92 Å². The van der Waals surface area contributed by atoms with Crippen LogP contribution in [-0.4, -0.2) is 6.29 Å². The standard InChI is InChI=1S/C13H14O/c14-9-12-8-13(12,11-6-7-11)10-4-2-1-3-5-10/h1-5,9,11-12H,6-8H2. The van der Waals surface area contributed by atoms with Gasteiger partial charge in [-0.15, -0.1) is 0 Å². The summed E-state index contributed by atoms with van der Waals surface area (Å²) in [6.45, 7) is 0. The van der Waals surface area contributed by atoms with Gasteiger partial charge in [-0.3, -0.25) is 0 Å². The first-order valence-corrected chi connectivity index (χ1v) is 5.39. The molecule has 0 radical (unpaired) electrons. The van der Waals surface area contributed by atoms with Gasteiger partial charge >= 0.3 is 0 Å². The third kappa shape index (κ3) is 0.985. The van der Waals surface area contributed by atoms with Gasteiger partial charge in [0.1, 0.15) is 6.29 Å². The molecule has 2 saturated carbocycles. The van der Waals surface area contributed by atoms with E-state index in [2.05, 4.69) is 24.3 Å². The average molecular weight is 186 g/mol. The van der Waals surface area contributed by atoms with Gasteiger partial charge in [0.15, 0.2) is 0 Å². The summed E-state index contributed by atoms with van der Waals surface area (Å²) in [4.78, 5) is 10.9. The lowest BCUT2D eigenvalue weighted by molar-refractivity contribution is -0.109. The van der Waals surface area contributed by atoms with Gasteiger partial charge in [0.05, 0.1) is 0 Å². The molecule has 0 saturated heterocycles. The van der Waals surface area contributed by atoms with Crippen molar-refractivity contribution in [2.24, 2.45) is 11.8 Å². The number of hydrogen-bond donors (Lipinski definition) is 0. The van der Waals surface area contributed by atoms with Gasteiger partial charge in [-0.2, -0.15) is 0 Å². The van der Waals surface area contributed by atoms with E-state index >= 15 is 0 Å². The van der Waals surface area contributed by atoms with Crippen LogP contribution in [0.4, 0.5) is 0 Å². The zero-order valence-corrected chi connectivity index (χ0v) is 8.15. The lowest BCUT2D eigenvalue weighted by Crippen LogP contribution is -2.13. The normalized spacial score (nSPS) is 35.3. The predicted octanol–water partition coefficient (Wildman–Crippen LogP) is 2.55. The summed E-state index contributed by atoms with van der Waals surface area (Å²) in [6.07, 6.45) is 4.88. The maximum Gasteiger partial charge on any atom is 0.124 e. The molecule has 14 heavy (non-hydrogen) atoms. The Bertz CT molecular complexity index is 353. The van der Waals surface area contributed by atoms with Gasteiger partial charge in [-0.25, -0.2) is 0 Å². The van der Waals surface area contributed by atoms with Crippen LogP contribution < -0.4 is 0 Å². The van der Waals surface area contributed by atoms with E-state index in [1.807, 2.05) is 6.07 Å². The van der Waals surface area contributed by atoms with Crippen molar-refractivity contribution in [1.82, 2.24) is 0 Å². The molecule has 0 bridgehead atoms. The summed E-state index contributed by atoms with van der Waals surface area (Å²) in [5.74, 6) is 1.09. The zero-order chi connectivity index (χ0) is 9.60. The lowest BCUT2D eigenvalue weighted by atomic mass is 9.88. The highest BCUT2D eigenvalue weighted by atomic mass is 16.1. The van der Waals surface area contributed by atoms with E-state index < -0.39 is 0 Å². The molecule has 1 aromatic rings. The van der Waals surface area contributed by atoms with Crippen molar-refractivity contribution in [1.29, 1.82) is 0 Å². The summed E-state index contributed by atoms with van der Waals surface area (Å²) in [5.41, 5.74) is 1.64. The van der Waals surface area contributed by atoms with Crippen LogP contribution in [0.15, 0.2) is 30.3 Å². The van der Waals surface area contributed by atoms with Gasteiger partial charge in [0, 0.05) is 11.3 Å². The molecule has 3 rings (SSSR count). The van der Waals surface area contributed by atoms with Crippen molar-refractivity contribution >= 4 is 6.29 Å².